The normalized spacial score (nSPS) is 10.6. The molecule has 6 heteroatoms. The van der Waals surface area contributed by atoms with Gasteiger partial charge < -0.3 is 15.4 Å². The maximum absolute atomic E-state index is 12.3. The fourth-order valence-electron chi connectivity index (χ4n) is 2.18. The van der Waals surface area contributed by atoms with Crippen LogP contribution in [0.5, 0.6) is 0 Å². The molecule has 2 aromatic rings. The van der Waals surface area contributed by atoms with E-state index in [9.17, 15) is 9.59 Å². The van der Waals surface area contributed by atoms with Crippen LogP contribution >= 0.6 is 0 Å². The molecule has 0 radical (unpaired) electrons. The first-order chi connectivity index (χ1) is 12.5. The van der Waals surface area contributed by atoms with Crippen molar-refractivity contribution in [3.8, 4) is 6.07 Å². The number of esters is 1. The van der Waals surface area contributed by atoms with Crippen molar-refractivity contribution >= 4 is 23.3 Å². The molecule has 0 aliphatic rings. The van der Waals surface area contributed by atoms with Crippen molar-refractivity contribution in [2.75, 3.05) is 17.2 Å². The van der Waals surface area contributed by atoms with Gasteiger partial charge in [-0.15, -0.1) is 0 Å². The van der Waals surface area contributed by atoms with E-state index >= 15 is 0 Å². The van der Waals surface area contributed by atoms with Crippen LogP contribution in [0.25, 0.3) is 0 Å². The average Bonchev–Trinajstić information content (AvgIpc) is 2.64. The molecule has 6 nitrogen and oxygen atoms in total. The predicted molar refractivity (Wildman–Crippen MR) is 99.5 cm³/mol. The first kappa shape index (κ1) is 18.7. The Morgan fingerprint density at radius 1 is 1.12 bits per heavy atom. The van der Waals surface area contributed by atoms with E-state index in [1.54, 1.807) is 43.3 Å². The van der Waals surface area contributed by atoms with Gasteiger partial charge in [-0.1, -0.05) is 18.2 Å². The Bertz CT molecular complexity index is 865. The number of aryl methyl sites for hydroxylation is 1. The van der Waals surface area contributed by atoms with Gasteiger partial charge in [-0.2, -0.15) is 5.26 Å². The van der Waals surface area contributed by atoms with Gasteiger partial charge in [-0.3, -0.25) is 4.79 Å². The van der Waals surface area contributed by atoms with Crippen LogP contribution < -0.4 is 10.6 Å². The topological polar surface area (TPSA) is 91.2 Å². The molecule has 0 spiro atoms. The Labute approximate surface area is 152 Å². The summed E-state index contributed by atoms with van der Waals surface area (Å²) in [5.74, 6) is -0.859. The summed E-state index contributed by atoms with van der Waals surface area (Å²) in [6.45, 7) is 3.75. The summed E-state index contributed by atoms with van der Waals surface area (Å²) >= 11 is 0. The lowest BCUT2D eigenvalue weighted by atomic mass is 10.1. The number of carbonyl (C=O) groups excluding carboxylic acids is 2. The summed E-state index contributed by atoms with van der Waals surface area (Å²) in [4.78, 5) is 23.8. The molecule has 0 heterocycles. The Morgan fingerprint density at radius 3 is 2.38 bits per heavy atom. The van der Waals surface area contributed by atoms with Gasteiger partial charge in [0, 0.05) is 23.1 Å². The molecular formula is C20H19N3O3. The Kier molecular flexibility index (Phi) is 6.52. The van der Waals surface area contributed by atoms with Crippen LogP contribution in [0.15, 0.2) is 60.3 Å². The van der Waals surface area contributed by atoms with E-state index in [1.165, 1.54) is 6.20 Å². The molecule has 0 aliphatic heterocycles. The molecule has 26 heavy (non-hydrogen) atoms. The van der Waals surface area contributed by atoms with Gasteiger partial charge in [0.15, 0.2) is 5.57 Å². The minimum Gasteiger partial charge on any atom is -0.462 e. The van der Waals surface area contributed by atoms with E-state index in [0.717, 1.165) is 5.56 Å². The fraction of sp³-hybridized carbons (Fsp3) is 0.150. The number of benzene rings is 2. The van der Waals surface area contributed by atoms with Crippen LogP contribution in [0.3, 0.4) is 0 Å². The number of amides is 1. The number of anilines is 2. The number of nitrogens with one attached hydrogen (secondary N) is 2. The fourth-order valence-corrected chi connectivity index (χ4v) is 2.18. The highest BCUT2D eigenvalue weighted by atomic mass is 16.5. The lowest BCUT2D eigenvalue weighted by molar-refractivity contribution is -0.138. The first-order valence-corrected chi connectivity index (χ1v) is 8.06. The molecular weight excluding hydrogens is 330 g/mol. The lowest BCUT2D eigenvalue weighted by Crippen LogP contribution is -2.13. The standard InChI is InChI=1S/C20H19N3O3/c1-3-26-20(25)15(12-21)13-22-16-8-10-17(11-9-16)23-19(24)18-7-5-4-6-14(18)2/h4-11,13,22H,3H2,1-2H3,(H,23,24)/b15-13-. The van der Waals surface area contributed by atoms with Crippen molar-refractivity contribution in [3.63, 3.8) is 0 Å². The van der Waals surface area contributed by atoms with Crippen molar-refractivity contribution < 1.29 is 14.3 Å². The third-order valence-corrected chi connectivity index (χ3v) is 3.53. The molecule has 132 valence electrons. The molecule has 0 aromatic heterocycles. The maximum Gasteiger partial charge on any atom is 0.350 e. The van der Waals surface area contributed by atoms with Crippen molar-refractivity contribution in [1.82, 2.24) is 0 Å². The summed E-state index contributed by atoms with van der Waals surface area (Å²) < 4.78 is 4.78. The molecule has 0 saturated carbocycles. The number of nitriles is 1. The molecule has 2 N–H and O–H groups in total. The van der Waals surface area contributed by atoms with E-state index in [-0.39, 0.29) is 18.1 Å². The van der Waals surface area contributed by atoms with E-state index in [0.29, 0.717) is 16.9 Å². The number of ether oxygens (including phenoxy) is 1. The third-order valence-electron chi connectivity index (χ3n) is 3.53. The Balaban J connectivity index is 2.02. The third kappa shape index (κ3) is 4.95. The van der Waals surface area contributed by atoms with Gasteiger partial charge in [-0.05, 0) is 49.7 Å². The van der Waals surface area contributed by atoms with Gasteiger partial charge in [0.25, 0.3) is 5.91 Å². The average molecular weight is 349 g/mol. The van der Waals surface area contributed by atoms with Gasteiger partial charge >= 0.3 is 5.97 Å². The highest BCUT2D eigenvalue weighted by molar-refractivity contribution is 6.05. The van der Waals surface area contributed by atoms with E-state index in [4.69, 9.17) is 10.00 Å². The van der Waals surface area contributed by atoms with Crippen LogP contribution in [-0.4, -0.2) is 18.5 Å². The van der Waals surface area contributed by atoms with Crippen molar-refractivity contribution in [2.24, 2.45) is 0 Å². The summed E-state index contributed by atoms with van der Waals surface area (Å²) in [7, 11) is 0. The van der Waals surface area contributed by atoms with Crippen LogP contribution in [0.1, 0.15) is 22.8 Å². The highest BCUT2D eigenvalue weighted by Crippen LogP contribution is 2.16. The van der Waals surface area contributed by atoms with Gasteiger partial charge in [0.2, 0.25) is 0 Å². The zero-order valence-electron chi connectivity index (χ0n) is 14.6. The number of rotatable bonds is 6. The summed E-state index contributed by atoms with van der Waals surface area (Å²) in [5, 5.41) is 14.7. The molecule has 1 amide bonds. The summed E-state index contributed by atoms with van der Waals surface area (Å²) in [5.41, 5.74) is 2.69. The Hall–Kier alpha value is -3.59. The van der Waals surface area contributed by atoms with E-state index < -0.39 is 5.97 Å². The van der Waals surface area contributed by atoms with Gasteiger partial charge in [0.05, 0.1) is 6.61 Å². The van der Waals surface area contributed by atoms with E-state index in [1.807, 2.05) is 25.1 Å². The highest BCUT2D eigenvalue weighted by Gasteiger charge is 2.10. The molecule has 0 saturated heterocycles. The van der Waals surface area contributed by atoms with Crippen LogP contribution in [-0.2, 0) is 9.53 Å². The molecule has 0 aliphatic carbocycles. The second kappa shape index (κ2) is 9.04. The minimum atomic E-state index is -0.676. The first-order valence-electron chi connectivity index (χ1n) is 8.06. The SMILES string of the molecule is CCOC(=O)/C(C#N)=C\Nc1ccc(NC(=O)c2ccccc2C)cc1. The number of hydrogen-bond donors (Lipinski definition) is 2. The second-order valence-electron chi connectivity index (χ2n) is 5.38. The van der Waals surface area contributed by atoms with Crippen molar-refractivity contribution in [1.29, 1.82) is 5.26 Å². The van der Waals surface area contributed by atoms with Crippen molar-refractivity contribution in [2.45, 2.75) is 13.8 Å². The molecule has 2 aromatic carbocycles. The predicted octanol–water partition coefficient (Wildman–Crippen LogP) is 3.63. The molecule has 0 unspecified atom stereocenters. The minimum absolute atomic E-state index is 0.121. The van der Waals surface area contributed by atoms with Crippen LogP contribution in [0.4, 0.5) is 11.4 Å². The summed E-state index contributed by atoms with van der Waals surface area (Å²) in [6.07, 6.45) is 1.29. The maximum atomic E-state index is 12.3. The lowest BCUT2D eigenvalue weighted by Gasteiger charge is -2.08. The summed E-state index contributed by atoms with van der Waals surface area (Å²) in [6, 6.07) is 16.0. The molecule has 0 atom stereocenters. The largest absolute Gasteiger partial charge is 0.462 e. The molecule has 2 rings (SSSR count). The van der Waals surface area contributed by atoms with E-state index in [2.05, 4.69) is 10.6 Å². The van der Waals surface area contributed by atoms with Gasteiger partial charge in [-0.25, -0.2) is 4.79 Å². The second-order valence-corrected chi connectivity index (χ2v) is 5.38. The quantitative estimate of drug-likeness (QED) is 0.472. The Morgan fingerprint density at radius 2 is 1.77 bits per heavy atom. The zero-order valence-corrected chi connectivity index (χ0v) is 14.6. The smallest absolute Gasteiger partial charge is 0.350 e. The van der Waals surface area contributed by atoms with Crippen LogP contribution in [0, 0.1) is 18.3 Å². The monoisotopic (exact) mass is 349 g/mol. The van der Waals surface area contributed by atoms with Gasteiger partial charge in [0.1, 0.15) is 6.07 Å². The number of nitrogens with zero attached hydrogens (tertiary/aromatic N) is 1. The number of hydrogen-bond acceptors (Lipinski definition) is 5. The molecule has 0 fully saturated rings. The molecule has 0 bridgehead atoms. The zero-order chi connectivity index (χ0) is 18.9. The number of carbonyl (C=O) groups is 2. The van der Waals surface area contributed by atoms with Crippen molar-refractivity contribution in [3.05, 3.63) is 71.4 Å². The van der Waals surface area contributed by atoms with Crippen LogP contribution in [0.2, 0.25) is 0 Å².